The lowest BCUT2D eigenvalue weighted by molar-refractivity contribution is 0.0811. The van der Waals surface area contributed by atoms with Crippen molar-refractivity contribution in [2.45, 2.75) is 77.3 Å². The molecular weight excluding hydrogens is 422 g/mol. The van der Waals surface area contributed by atoms with Crippen LogP contribution < -0.4 is 16.0 Å². The minimum Gasteiger partial charge on any atom is -0.386 e. The SMILES string of the molecule is C=C1/N=C(N/C(C=N)=C/NC2CCOCC2)\N=C(\NC2CCCCC2)C/C(C(C)C)=N\S1. The first-order chi connectivity index (χ1) is 15.5. The fourth-order valence-electron chi connectivity index (χ4n) is 3.89. The van der Waals surface area contributed by atoms with E-state index in [0.29, 0.717) is 41.1 Å². The van der Waals surface area contributed by atoms with Crippen LogP contribution >= 0.6 is 11.9 Å². The van der Waals surface area contributed by atoms with E-state index in [1.54, 1.807) is 0 Å². The molecule has 9 heteroatoms. The highest BCUT2D eigenvalue weighted by atomic mass is 32.2. The van der Waals surface area contributed by atoms with Crippen LogP contribution in [-0.2, 0) is 4.74 Å². The molecule has 0 aromatic rings. The Morgan fingerprint density at radius 2 is 1.88 bits per heavy atom. The maximum atomic E-state index is 7.84. The summed E-state index contributed by atoms with van der Waals surface area (Å²) in [5.74, 6) is 1.60. The van der Waals surface area contributed by atoms with Crippen molar-refractivity contribution >= 4 is 35.7 Å². The number of nitrogens with zero attached hydrogens (tertiary/aromatic N) is 3. The highest BCUT2D eigenvalue weighted by Crippen LogP contribution is 2.22. The van der Waals surface area contributed by atoms with Gasteiger partial charge in [-0.05, 0) is 31.6 Å². The van der Waals surface area contributed by atoms with Gasteiger partial charge in [-0.2, -0.15) is 4.99 Å². The molecule has 3 rings (SSSR count). The minimum atomic E-state index is 0.309. The molecule has 0 radical (unpaired) electrons. The Hall–Kier alpha value is -2.13. The smallest absolute Gasteiger partial charge is 0.230 e. The average Bonchev–Trinajstić information content (AvgIpc) is 2.87. The number of hydrogen-bond donors (Lipinski definition) is 4. The number of aliphatic imine (C=N–C) groups is 2. The number of allylic oxidation sites excluding steroid dienone is 1. The van der Waals surface area contributed by atoms with Crippen LogP contribution in [0.1, 0.15) is 65.2 Å². The summed E-state index contributed by atoms with van der Waals surface area (Å²) >= 11 is 1.28. The lowest BCUT2D eigenvalue weighted by Gasteiger charge is -2.25. The summed E-state index contributed by atoms with van der Waals surface area (Å²) in [7, 11) is 0. The van der Waals surface area contributed by atoms with Gasteiger partial charge >= 0.3 is 0 Å². The second-order valence-corrected chi connectivity index (χ2v) is 9.63. The normalized spacial score (nSPS) is 27.0. The number of nitrogens with one attached hydrogen (secondary N) is 4. The molecule has 0 aromatic heterocycles. The maximum Gasteiger partial charge on any atom is 0.230 e. The van der Waals surface area contributed by atoms with Crippen LogP contribution in [0.25, 0.3) is 0 Å². The van der Waals surface area contributed by atoms with Crippen molar-refractivity contribution in [2.75, 3.05) is 13.2 Å². The second kappa shape index (κ2) is 12.8. The molecule has 1 aliphatic carbocycles. The number of rotatable bonds is 6. The summed E-state index contributed by atoms with van der Waals surface area (Å²) in [4.78, 5) is 9.42. The van der Waals surface area contributed by atoms with Crippen molar-refractivity contribution < 1.29 is 4.74 Å². The molecule has 0 spiro atoms. The Kier molecular flexibility index (Phi) is 9.80. The Morgan fingerprint density at radius 3 is 2.56 bits per heavy atom. The fourth-order valence-corrected chi connectivity index (χ4v) is 4.52. The van der Waals surface area contributed by atoms with E-state index in [-0.39, 0.29) is 0 Å². The zero-order valence-electron chi connectivity index (χ0n) is 19.3. The first kappa shape index (κ1) is 24.5. The van der Waals surface area contributed by atoms with Gasteiger partial charge in [0, 0.05) is 61.8 Å². The molecule has 0 bridgehead atoms. The van der Waals surface area contributed by atoms with E-state index in [4.69, 9.17) is 19.5 Å². The van der Waals surface area contributed by atoms with Crippen molar-refractivity contribution in [1.29, 1.82) is 5.41 Å². The second-order valence-electron chi connectivity index (χ2n) is 8.79. The highest BCUT2D eigenvalue weighted by Gasteiger charge is 2.19. The molecule has 1 saturated heterocycles. The fraction of sp³-hybridized carbons (Fsp3) is 0.652. The van der Waals surface area contributed by atoms with Crippen LogP contribution in [-0.4, -0.2) is 49.0 Å². The zero-order chi connectivity index (χ0) is 22.8. The first-order valence-corrected chi connectivity index (χ1v) is 12.5. The van der Waals surface area contributed by atoms with Crippen molar-refractivity contribution in [1.82, 2.24) is 16.0 Å². The standard InChI is InChI=1S/C23H37N7OS/c1-16(2)21-13-22(27-19-7-5-4-6-8-19)29-23(26-17(3)32-30-21)28-20(14-24)15-25-18-9-11-31-12-10-18/h14-16,18-19,24-25H,3-13H2,1-2H3,(H2,26,27,28,29)/b20-15+,24-14?,30-21+. The maximum absolute atomic E-state index is 7.84. The van der Waals surface area contributed by atoms with Gasteiger partial charge in [-0.25, -0.2) is 9.39 Å². The average molecular weight is 460 g/mol. The molecule has 8 nitrogen and oxygen atoms in total. The van der Waals surface area contributed by atoms with Gasteiger partial charge in [0.05, 0.1) is 5.70 Å². The van der Waals surface area contributed by atoms with E-state index in [0.717, 1.165) is 50.4 Å². The van der Waals surface area contributed by atoms with Gasteiger partial charge in [0.25, 0.3) is 0 Å². The summed E-state index contributed by atoms with van der Waals surface area (Å²) in [5, 5.41) is 18.7. The molecule has 176 valence electrons. The van der Waals surface area contributed by atoms with E-state index < -0.39 is 0 Å². The molecule has 2 aliphatic heterocycles. The Morgan fingerprint density at radius 1 is 1.12 bits per heavy atom. The van der Waals surface area contributed by atoms with Crippen LogP contribution in [0.4, 0.5) is 0 Å². The number of ether oxygens (including phenoxy) is 1. The quantitative estimate of drug-likeness (QED) is 0.353. The Bertz CT molecular complexity index is 775. The molecule has 2 fully saturated rings. The van der Waals surface area contributed by atoms with Crippen molar-refractivity contribution in [3.8, 4) is 0 Å². The lowest BCUT2D eigenvalue weighted by Crippen LogP contribution is -2.39. The summed E-state index contributed by atoms with van der Waals surface area (Å²) in [6.07, 6.45) is 11.8. The predicted octanol–water partition coefficient (Wildman–Crippen LogP) is 4.13. The molecular formula is C23H37N7OS. The third kappa shape index (κ3) is 8.09. The van der Waals surface area contributed by atoms with Crippen molar-refractivity contribution in [3.05, 3.63) is 23.5 Å². The molecule has 32 heavy (non-hydrogen) atoms. The molecule has 3 aliphatic rings. The predicted molar refractivity (Wildman–Crippen MR) is 135 cm³/mol. The van der Waals surface area contributed by atoms with E-state index >= 15 is 0 Å². The number of amidine groups is 1. The molecule has 0 aromatic carbocycles. The first-order valence-electron chi connectivity index (χ1n) is 11.7. The van der Waals surface area contributed by atoms with E-state index in [1.807, 2.05) is 6.20 Å². The summed E-state index contributed by atoms with van der Waals surface area (Å²) in [5.41, 5.74) is 1.66. The van der Waals surface area contributed by atoms with E-state index in [2.05, 4.69) is 41.4 Å². The lowest BCUT2D eigenvalue weighted by atomic mass is 9.95. The Labute approximate surface area is 196 Å². The van der Waals surface area contributed by atoms with Crippen LogP contribution in [0.5, 0.6) is 0 Å². The monoisotopic (exact) mass is 459 g/mol. The van der Waals surface area contributed by atoms with Gasteiger partial charge in [0.15, 0.2) is 0 Å². The molecule has 0 atom stereocenters. The van der Waals surface area contributed by atoms with Crippen LogP contribution in [0, 0.1) is 11.3 Å². The summed E-state index contributed by atoms with van der Waals surface area (Å²) in [6, 6.07) is 0.782. The molecule has 2 heterocycles. The molecule has 0 unspecified atom stereocenters. The Balaban J connectivity index is 1.78. The van der Waals surface area contributed by atoms with E-state index in [1.165, 1.54) is 37.4 Å². The molecule has 1 saturated carbocycles. The van der Waals surface area contributed by atoms with Gasteiger partial charge in [-0.1, -0.05) is 39.7 Å². The molecule has 0 amide bonds. The number of hydrogen-bond acceptors (Lipinski definition) is 9. The third-order valence-corrected chi connectivity index (χ3v) is 6.47. The van der Waals surface area contributed by atoms with Gasteiger partial charge < -0.3 is 26.1 Å². The van der Waals surface area contributed by atoms with Gasteiger partial charge in [-0.3, -0.25) is 0 Å². The minimum absolute atomic E-state index is 0.309. The van der Waals surface area contributed by atoms with E-state index in [9.17, 15) is 0 Å². The van der Waals surface area contributed by atoms with Gasteiger partial charge in [-0.15, -0.1) is 0 Å². The molecule has 4 N–H and O–H groups in total. The van der Waals surface area contributed by atoms with Crippen LogP contribution in [0.15, 0.2) is 37.9 Å². The van der Waals surface area contributed by atoms with Crippen LogP contribution in [0.2, 0.25) is 0 Å². The summed E-state index contributed by atoms with van der Waals surface area (Å²) in [6.45, 7) is 9.86. The summed E-state index contributed by atoms with van der Waals surface area (Å²) < 4.78 is 10.1. The van der Waals surface area contributed by atoms with Gasteiger partial charge in [0.2, 0.25) is 5.96 Å². The largest absolute Gasteiger partial charge is 0.386 e. The van der Waals surface area contributed by atoms with Crippen molar-refractivity contribution in [3.63, 3.8) is 0 Å². The topological polar surface area (TPSA) is 106 Å². The highest BCUT2D eigenvalue weighted by molar-refractivity contribution is 8.01. The zero-order valence-corrected chi connectivity index (χ0v) is 20.1. The third-order valence-electron chi connectivity index (χ3n) is 5.84. The van der Waals surface area contributed by atoms with Gasteiger partial charge in [0.1, 0.15) is 10.9 Å². The van der Waals surface area contributed by atoms with Crippen LogP contribution in [0.3, 0.4) is 0 Å². The number of guanidine groups is 1. The van der Waals surface area contributed by atoms with Crippen molar-refractivity contribution in [2.24, 2.45) is 20.3 Å².